The predicted molar refractivity (Wildman–Crippen MR) is 135 cm³/mol. The van der Waals surface area contributed by atoms with Gasteiger partial charge in [0.15, 0.2) is 11.6 Å². The van der Waals surface area contributed by atoms with Gasteiger partial charge in [-0.3, -0.25) is 9.78 Å². The summed E-state index contributed by atoms with van der Waals surface area (Å²) in [6.45, 7) is 1.83. The van der Waals surface area contributed by atoms with Crippen LogP contribution in [0.4, 0.5) is 8.78 Å². The molecule has 1 aromatic heterocycles. The van der Waals surface area contributed by atoms with Crippen molar-refractivity contribution < 1.29 is 31.5 Å². The predicted octanol–water partition coefficient (Wildman–Crippen LogP) is 4.87. The molecule has 8 nitrogen and oxygen atoms in total. The van der Waals surface area contributed by atoms with Gasteiger partial charge in [0.1, 0.15) is 17.6 Å². The number of sulfonamides is 1. The number of aromatic nitrogens is 1. The molecule has 1 heterocycles. The zero-order valence-electron chi connectivity index (χ0n) is 20.1. The minimum absolute atomic E-state index is 0.203. The van der Waals surface area contributed by atoms with Crippen LogP contribution in [-0.2, 0) is 16.6 Å². The van der Waals surface area contributed by atoms with Crippen molar-refractivity contribution in [3.8, 4) is 17.2 Å². The number of nitrogens with one attached hydrogen (secondary N) is 1. The van der Waals surface area contributed by atoms with Crippen LogP contribution in [0.2, 0.25) is 0 Å². The highest BCUT2D eigenvalue weighted by molar-refractivity contribution is 7.90. The first-order valence-electron chi connectivity index (χ1n) is 11.4. The van der Waals surface area contributed by atoms with Crippen LogP contribution in [0.15, 0.2) is 90.1 Å². The van der Waals surface area contributed by atoms with Crippen LogP contribution in [-0.4, -0.2) is 19.3 Å². The first-order chi connectivity index (χ1) is 18.2. The number of nitrogens with two attached hydrogens (primary N) is 1. The van der Waals surface area contributed by atoms with Gasteiger partial charge in [-0.05, 0) is 66.6 Å². The molecule has 1 atom stereocenters. The molecule has 3 N–H and O–H groups in total. The molecule has 4 aromatic rings. The van der Waals surface area contributed by atoms with Crippen molar-refractivity contribution in [3.05, 3.63) is 114 Å². The van der Waals surface area contributed by atoms with E-state index in [1.165, 1.54) is 24.3 Å². The molecule has 0 radical (unpaired) electrons. The third-order valence-corrected chi connectivity index (χ3v) is 6.84. The summed E-state index contributed by atoms with van der Waals surface area (Å²) in [5, 5.41) is 0. The molecule has 11 heteroatoms. The van der Waals surface area contributed by atoms with Crippen molar-refractivity contribution in [2.45, 2.75) is 24.5 Å². The number of pyridine rings is 1. The second kappa shape index (κ2) is 11.4. The second-order valence-electron chi connectivity index (χ2n) is 8.15. The van der Waals surface area contributed by atoms with E-state index >= 15 is 0 Å². The molecule has 3 aromatic carbocycles. The highest BCUT2D eigenvalue weighted by Crippen LogP contribution is 2.30. The van der Waals surface area contributed by atoms with Gasteiger partial charge in [0, 0.05) is 12.7 Å². The zero-order valence-corrected chi connectivity index (χ0v) is 20.9. The smallest absolute Gasteiger partial charge is 0.268 e. The molecule has 38 heavy (non-hydrogen) atoms. The number of benzene rings is 3. The van der Waals surface area contributed by atoms with Crippen LogP contribution >= 0.6 is 0 Å². The Labute approximate surface area is 218 Å². The van der Waals surface area contributed by atoms with Crippen molar-refractivity contribution >= 4 is 15.9 Å². The third-order valence-electron chi connectivity index (χ3n) is 5.49. The molecule has 0 aliphatic carbocycles. The fourth-order valence-electron chi connectivity index (χ4n) is 3.47. The lowest BCUT2D eigenvalue weighted by atomic mass is 10.1. The topological polar surface area (TPSA) is 121 Å². The molecule has 0 fully saturated rings. The lowest BCUT2D eigenvalue weighted by molar-refractivity contribution is 0.0976. The molecule has 0 bridgehead atoms. The Hall–Kier alpha value is -4.35. The molecule has 0 saturated heterocycles. The Kier molecular flexibility index (Phi) is 7.99. The molecule has 0 aliphatic heterocycles. The van der Waals surface area contributed by atoms with Crippen LogP contribution in [0.25, 0.3) is 0 Å². The monoisotopic (exact) mass is 539 g/mol. The summed E-state index contributed by atoms with van der Waals surface area (Å²) in [6, 6.07) is 17.8. The molecule has 0 aliphatic rings. The number of nitrogens with zero attached hydrogens (tertiary/aromatic N) is 1. The van der Waals surface area contributed by atoms with E-state index < -0.39 is 45.0 Å². The average Bonchev–Trinajstić information content (AvgIpc) is 2.91. The van der Waals surface area contributed by atoms with Crippen LogP contribution in [0.3, 0.4) is 0 Å². The first kappa shape index (κ1) is 26.7. The summed E-state index contributed by atoms with van der Waals surface area (Å²) in [5.41, 5.74) is 5.99. The third kappa shape index (κ3) is 6.13. The van der Waals surface area contributed by atoms with Gasteiger partial charge in [-0.15, -0.1) is 0 Å². The van der Waals surface area contributed by atoms with Crippen molar-refractivity contribution in [1.29, 1.82) is 0 Å². The number of carbonyl (C=O) groups excluding carboxylic acids is 1. The van der Waals surface area contributed by atoms with Crippen molar-refractivity contribution in [2.24, 2.45) is 5.73 Å². The largest absolute Gasteiger partial charge is 0.483 e. The van der Waals surface area contributed by atoms with Crippen molar-refractivity contribution in [3.63, 3.8) is 0 Å². The fourth-order valence-corrected chi connectivity index (χ4v) is 4.44. The molecule has 0 spiro atoms. The van der Waals surface area contributed by atoms with E-state index in [1.54, 1.807) is 60.4 Å². The van der Waals surface area contributed by atoms with E-state index in [0.29, 0.717) is 22.6 Å². The van der Waals surface area contributed by atoms with Gasteiger partial charge in [0.05, 0.1) is 16.7 Å². The van der Waals surface area contributed by atoms with Gasteiger partial charge in [-0.1, -0.05) is 24.3 Å². The van der Waals surface area contributed by atoms with E-state index in [4.69, 9.17) is 15.2 Å². The Morgan fingerprint density at radius 3 is 2.42 bits per heavy atom. The van der Waals surface area contributed by atoms with E-state index in [0.717, 1.165) is 12.1 Å². The van der Waals surface area contributed by atoms with Gasteiger partial charge in [0.2, 0.25) is 5.82 Å². The number of carbonyl (C=O) groups is 1. The van der Waals surface area contributed by atoms with Gasteiger partial charge >= 0.3 is 0 Å². The maximum absolute atomic E-state index is 14.8. The molecular formula is C27H23F2N3O5S. The summed E-state index contributed by atoms with van der Waals surface area (Å²) in [6.07, 6.45) is 2.44. The average molecular weight is 540 g/mol. The SMILES string of the molecule is CC(Oc1ccc(C(=O)NS(=O)(=O)c2ccc(CN)cc2)c(F)c1F)c1cccc(Oc2cccnc2)c1. The normalized spacial score (nSPS) is 12.0. The molecule has 1 unspecified atom stereocenters. The molecule has 4 rings (SSSR count). The fraction of sp³-hybridized carbons (Fsp3) is 0.111. The Morgan fingerprint density at radius 1 is 1.00 bits per heavy atom. The number of halogens is 2. The molecule has 196 valence electrons. The van der Waals surface area contributed by atoms with E-state index in [9.17, 15) is 22.0 Å². The number of ether oxygens (including phenoxy) is 2. The van der Waals surface area contributed by atoms with Crippen LogP contribution < -0.4 is 19.9 Å². The number of amides is 1. The first-order valence-corrected chi connectivity index (χ1v) is 12.8. The lowest BCUT2D eigenvalue weighted by Crippen LogP contribution is -2.31. The van der Waals surface area contributed by atoms with E-state index in [2.05, 4.69) is 4.98 Å². The minimum Gasteiger partial charge on any atom is -0.483 e. The van der Waals surface area contributed by atoms with Crippen molar-refractivity contribution in [1.82, 2.24) is 9.71 Å². The number of hydrogen-bond donors (Lipinski definition) is 2. The van der Waals surface area contributed by atoms with Gasteiger partial charge in [-0.25, -0.2) is 17.5 Å². The lowest BCUT2D eigenvalue weighted by Gasteiger charge is -2.17. The summed E-state index contributed by atoms with van der Waals surface area (Å²) < 4.78 is 67.7. The van der Waals surface area contributed by atoms with Crippen LogP contribution in [0, 0.1) is 11.6 Å². The number of rotatable bonds is 9. The number of hydrogen-bond acceptors (Lipinski definition) is 7. The standard InChI is InChI=1S/C27H23F2N3O5S/c1-17(19-4-2-5-20(14-19)37-21-6-3-13-31-16-21)36-24-12-11-23(25(28)26(24)29)27(33)32-38(34,35)22-9-7-18(15-30)8-10-22/h2-14,16-17H,15,30H2,1H3,(H,32,33). The Bertz CT molecular complexity index is 1550. The molecule has 0 saturated carbocycles. The van der Waals surface area contributed by atoms with Crippen LogP contribution in [0.5, 0.6) is 17.2 Å². The summed E-state index contributed by atoms with van der Waals surface area (Å²) in [4.78, 5) is 16.2. The van der Waals surface area contributed by atoms with Crippen LogP contribution in [0.1, 0.15) is 34.5 Å². The summed E-state index contributed by atoms with van der Waals surface area (Å²) >= 11 is 0. The molecule has 1 amide bonds. The minimum atomic E-state index is -4.33. The Morgan fingerprint density at radius 2 is 1.74 bits per heavy atom. The summed E-state index contributed by atoms with van der Waals surface area (Å²) in [7, 11) is -4.33. The van der Waals surface area contributed by atoms with E-state index in [-0.39, 0.29) is 11.4 Å². The van der Waals surface area contributed by atoms with Gasteiger partial charge in [-0.2, -0.15) is 4.39 Å². The zero-order chi connectivity index (χ0) is 27.3. The van der Waals surface area contributed by atoms with E-state index in [1.807, 2.05) is 0 Å². The highest BCUT2D eigenvalue weighted by Gasteiger charge is 2.25. The van der Waals surface area contributed by atoms with Gasteiger partial charge < -0.3 is 15.2 Å². The van der Waals surface area contributed by atoms with Gasteiger partial charge in [0.25, 0.3) is 15.9 Å². The maximum Gasteiger partial charge on any atom is 0.268 e. The highest BCUT2D eigenvalue weighted by atomic mass is 32.2. The Balaban J connectivity index is 1.48. The molecular weight excluding hydrogens is 516 g/mol. The van der Waals surface area contributed by atoms with Crippen molar-refractivity contribution in [2.75, 3.05) is 0 Å². The quantitative estimate of drug-likeness (QED) is 0.311. The maximum atomic E-state index is 14.8. The summed E-state index contributed by atoms with van der Waals surface area (Å²) in [5.74, 6) is -3.75. The second-order valence-corrected chi connectivity index (χ2v) is 9.83.